The number of carboxylic acids is 1. The Hall–Kier alpha value is -0.790. The van der Waals surface area contributed by atoms with Crippen LogP contribution in [-0.4, -0.2) is 11.1 Å². The van der Waals surface area contributed by atoms with Crippen molar-refractivity contribution in [2.45, 2.75) is 70.6 Å². The van der Waals surface area contributed by atoms with Gasteiger partial charge in [0.15, 0.2) is 0 Å². The van der Waals surface area contributed by atoms with E-state index in [1.54, 1.807) is 0 Å². The molecule has 1 saturated carbocycles. The van der Waals surface area contributed by atoms with Crippen molar-refractivity contribution in [3.63, 3.8) is 0 Å². The molecule has 0 aromatic heterocycles. The van der Waals surface area contributed by atoms with Crippen LogP contribution in [0.15, 0.2) is 12.2 Å². The van der Waals surface area contributed by atoms with Crippen LogP contribution in [0, 0.1) is 11.3 Å². The summed E-state index contributed by atoms with van der Waals surface area (Å²) in [5.74, 6) is -0.270. The van der Waals surface area contributed by atoms with Crippen LogP contribution in [0.4, 0.5) is 0 Å². The van der Waals surface area contributed by atoms with Gasteiger partial charge in [-0.2, -0.15) is 0 Å². The third-order valence-electron chi connectivity index (χ3n) is 4.89. The van der Waals surface area contributed by atoms with Gasteiger partial charge in [0.2, 0.25) is 0 Å². The van der Waals surface area contributed by atoms with Crippen LogP contribution in [0.3, 0.4) is 0 Å². The molecule has 102 valence electrons. The van der Waals surface area contributed by atoms with Crippen molar-refractivity contribution >= 4 is 5.97 Å². The molecule has 0 aromatic carbocycles. The second kappa shape index (κ2) is 6.40. The highest BCUT2D eigenvalue weighted by Gasteiger charge is 2.44. The molecule has 0 heterocycles. The van der Waals surface area contributed by atoms with Crippen molar-refractivity contribution in [3.05, 3.63) is 12.2 Å². The topological polar surface area (TPSA) is 37.3 Å². The Morgan fingerprint density at radius 3 is 2.33 bits per heavy atom. The van der Waals surface area contributed by atoms with Gasteiger partial charge in [0.25, 0.3) is 0 Å². The number of hydrogen-bond acceptors (Lipinski definition) is 1. The zero-order valence-corrected chi connectivity index (χ0v) is 11.4. The Morgan fingerprint density at radius 2 is 1.67 bits per heavy atom. The molecule has 18 heavy (non-hydrogen) atoms. The number of aliphatic carboxylic acids is 1. The maximum absolute atomic E-state index is 11.9. The number of hydrogen-bond donors (Lipinski definition) is 1. The number of allylic oxidation sites excluding steroid dienone is 2. The van der Waals surface area contributed by atoms with Gasteiger partial charge in [0.1, 0.15) is 0 Å². The van der Waals surface area contributed by atoms with Crippen molar-refractivity contribution in [3.8, 4) is 0 Å². The molecule has 1 unspecified atom stereocenters. The molecule has 0 saturated heterocycles. The molecule has 1 N–H and O–H groups in total. The van der Waals surface area contributed by atoms with Crippen LogP contribution in [0.2, 0.25) is 0 Å². The molecule has 0 aliphatic heterocycles. The van der Waals surface area contributed by atoms with Gasteiger partial charge in [0, 0.05) is 0 Å². The standard InChI is InChI=1S/C16H26O2/c17-15(18)16(12-8-4-5-9-13-16)14-10-6-2-1-3-7-11-14/h6,10,14H,1-5,7-9,11-13H2,(H,17,18)/b10-6+. The normalized spacial score (nSPS) is 30.8. The second-order valence-corrected chi connectivity index (χ2v) is 6.05. The van der Waals surface area contributed by atoms with Crippen molar-refractivity contribution < 1.29 is 9.90 Å². The molecule has 0 amide bonds. The summed E-state index contributed by atoms with van der Waals surface area (Å²) in [5.41, 5.74) is -0.454. The SMILES string of the molecule is O=C(O)C1(C2/C=C/CCCCC2)CCCCCC1. The van der Waals surface area contributed by atoms with Crippen molar-refractivity contribution in [2.75, 3.05) is 0 Å². The van der Waals surface area contributed by atoms with Gasteiger partial charge < -0.3 is 5.11 Å². The largest absolute Gasteiger partial charge is 0.481 e. The molecular formula is C16H26O2. The van der Waals surface area contributed by atoms with Crippen LogP contribution in [0.25, 0.3) is 0 Å². The van der Waals surface area contributed by atoms with Gasteiger partial charge in [-0.15, -0.1) is 0 Å². The van der Waals surface area contributed by atoms with Crippen LogP contribution in [0.1, 0.15) is 70.6 Å². The lowest BCUT2D eigenvalue weighted by Gasteiger charge is -2.35. The first-order valence-corrected chi connectivity index (χ1v) is 7.66. The summed E-state index contributed by atoms with van der Waals surface area (Å²) < 4.78 is 0. The maximum atomic E-state index is 11.9. The average Bonchev–Trinajstić information content (AvgIpc) is 2.55. The first kappa shape index (κ1) is 13.6. The Balaban J connectivity index is 2.20. The Bertz CT molecular complexity index is 298. The predicted molar refractivity (Wildman–Crippen MR) is 73.5 cm³/mol. The number of rotatable bonds is 2. The molecular weight excluding hydrogens is 224 g/mol. The lowest BCUT2D eigenvalue weighted by atomic mass is 9.67. The summed E-state index contributed by atoms with van der Waals surface area (Å²) >= 11 is 0. The molecule has 1 atom stereocenters. The minimum absolute atomic E-state index is 0.272. The third-order valence-corrected chi connectivity index (χ3v) is 4.89. The summed E-state index contributed by atoms with van der Waals surface area (Å²) in [7, 11) is 0. The zero-order valence-electron chi connectivity index (χ0n) is 11.4. The van der Waals surface area contributed by atoms with E-state index in [4.69, 9.17) is 0 Å². The van der Waals surface area contributed by atoms with E-state index in [9.17, 15) is 9.90 Å². The lowest BCUT2D eigenvalue weighted by Crippen LogP contribution is -2.38. The molecule has 2 heteroatoms. The Kier molecular flexibility index (Phi) is 4.85. The van der Waals surface area contributed by atoms with Crippen molar-refractivity contribution in [1.29, 1.82) is 0 Å². The van der Waals surface area contributed by atoms with Gasteiger partial charge in [-0.3, -0.25) is 4.79 Å². The Morgan fingerprint density at radius 1 is 1.00 bits per heavy atom. The average molecular weight is 250 g/mol. The molecule has 2 nitrogen and oxygen atoms in total. The fraction of sp³-hybridized carbons (Fsp3) is 0.812. The summed E-state index contributed by atoms with van der Waals surface area (Å²) in [6.45, 7) is 0. The summed E-state index contributed by atoms with van der Waals surface area (Å²) in [4.78, 5) is 11.9. The first-order valence-electron chi connectivity index (χ1n) is 7.66. The number of carbonyl (C=O) groups is 1. The summed E-state index contributed by atoms with van der Waals surface area (Å²) in [6.07, 6.45) is 16.8. The lowest BCUT2D eigenvalue weighted by molar-refractivity contribution is -0.153. The first-order chi connectivity index (χ1) is 8.76. The minimum atomic E-state index is -0.542. The predicted octanol–water partition coefficient (Wildman–Crippen LogP) is 4.55. The van der Waals surface area contributed by atoms with Gasteiger partial charge in [-0.05, 0) is 38.0 Å². The van der Waals surface area contributed by atoms with Crippen molar-refractivity contribution in [1.82, 2.24) is 0 Å². The van der Waals surface area contributed by atoms with Crippen molar-refractivity contribution in [2.24, 2.45) is 11.3 Å². The van der Waals surface area contributed by atoms with E-state index in [2.05, 4.69) is 12.2 Å². The van der Waals surface area contributed by atoms with E-state index in [1.807, 2.05) is 0 Å². The third kappa shape index (κ3) is 2.96. The zero-order chi connectivity index (χ0) is 12.8. The van der Waals surface area contributed by atoms with Crippen LogP contribution >= 0.6 is 0 Å². The Labute approximate surface area is 110 Å². The van der Waals surface area contributed by atoms with E-state index in [0.29, 0.717) is 0 Å². The minimum Gasteiger partial charge on any atom is -0.481 e. The highest BCUT2D eigenvalue weighted by atomic mass is 16.4. The second-order valence-electron chi connectivity index (χ2n) is 6.05. The molecule has 2 aliphatic rings. The van der Waals surface area contributed by atoms with Gasteiger partial charge >= 0.3 is 5.97 Å². The maximum Gasteiger partial charge on any atom is 0.310 e. The van der Waals surface area contributed by atoms with E-state index >= 15 is 0 Å². The smallest absolute Gasteiger partial charge is 0.310 e. The molecule has 0 aromatic rings. The molecule has 2 aliphatic carbocycles. The quantitative estimate of drug-likeness (QED) is 0.576. The molecule has 0 bridgehead atoms. The molecule has 0 spiro atoms. The fourth-order valence-corrected chi connectivity index (χ4v) is 3.72. The number of carboxylic acid groups (broad SMARTS) is 1. The van der Waals surface area contributed by atoms with Crippen LogP contribution < -0.4 is 0 Å². The molecule has 2 rings (SSSR count). The molecule has 1 fully saturated rings. The van der Waals surface area contributed by atoms with E-state index in [0.717, 1.165) is 38.5 Å². The van der Waals surface area contributed by atoms with E-state index < -0.39 is 11.4 Å². The van der Waals surface area contributed by atoms with Crippen LogP contribution in [-0.2, 0) is 4.79 Å². The highest BCUT2D eigenvalue weighted by molar-refractivity contribution is 5.75. The van der Waals surface area contributed by atoms with Gasteiger partial charge in [-0.1, -0.05) is 50.7 Å². The van der Waals surface area contributed by atoms with Crippen LogP contribution in [0.5, 0.6) is 0 Å². The highest BCUT2D eigenvalue weighted by Crippen LogP contribution is 2.45. The van der Waals surface area contributed by atoms with Gasteiger partial charge in [0.05, 0.1) is 5.41 Å². The summed E-state index contributed by atoms with van der Waals surface area (Å²) in [5, 5.41) is 9.79. The molecule has 0 radical (unpaired) electrons. The summed E-state index contributed by atoms with van der Waals surface area (Å²) in [6, 6.07) is 0. The fourth-order valence-electron chi connectivity index (χ4n) is 3.72. The van der Waals surface area contributed by atoms with E-state index in [-0.39, 0.29) is 5.92 Å². The van der Waals surface area contributed by atoms with E-state index in [1.165, 1.54) is 32.1 Å². The monoisotopic (exact) mass is 250 g/mol. The van der Waals surface area contributed by atoms with Gasteiger partial charge in [-0.25, -0.2) is 0 Å².